The molecule has 0 N–H and O–H groups in total. The van der Waals surface area contributed by atoms with Crippen LogP contribution >= 0.6 is 0 Å². The van der Waals surface area contributed by atoms with Crippen molar-refractivity contribution in [3.8, 4) is 5.75 Å². The molecular weight excluding hydrogens is 242 g/mol. The third kappa shape index (κ3) is 2.99. The Morgan fingerprint density at radius 1 is 1.28 bits per heavy atom. The van der Waals surface area contributed by atoms with Crippen molar-refractivity contribution < 1.29 is 4.43 Å². The normalized spacial score (nSPS) is 11.7. The number of benzene rings is 1. The standard InChI is InChI=1S/C14H22NO2Si/c1-6-14(7-2,15-16)12-8-9-13(11(3)10-12)17-18(4)5/h8-10H,6-7H2,1-5H3. The Morgan fingerprint density at radius 2 is 1.89 bits per heavy atom. The van der Waals surface area contributed by atoms with E-state index in [2.05, 4.69) is 18.3 Å². The van der Waals surface area contributed by atoms with Crippen molar-refractivity contribution in [3.63, 3.8) is 0 Å². The highest BCUT2D eigenvalue weighted by molar-refractivity contribution is 6.49. The highest BCUT2D eigenvalue weighted by atomic mass is 28.3. The minimum absolute atomic E-state index is 0.588. The number of nitrogens with zero attached hydrogens (tertiary/aromatic N) is 1. The fraction of sp³-hybridized carbons (Fsp3) is 0.571. The van der Waals surface area contributed by atoms with Gasteiger partial charge >= 0.3 is 0 Å². The van der Waals surface area contributed by atoms with Gasteiger partial charge in [0.25, 0.3) is 9.04 Å². The van der Waals surface area contributed by atoms with Gasteiger partial charge in [-0.3, -0.25) is 0 Å². The molecule has 3 nitrogen and oxygen atoms in total. The maximum absolute atomic E-state index is 11.2. The molecule has 4 heteroatoms. The van der Waals surface area contributed by atoms with Gasteiger partial charge in [0.2, 0.25) is 0 Å². The van der Waals surface area contributed by atoms with Crippen LogP contribution in [-0.2, 0) is 5.54 Å². The van der Waals surface area contributed by atoms with Crippen LogP contribution in [0.1, 0.15) is 37.8 Å². The number of hydrogen-bond donors (Lipinski definition) is 0. The van der Waals surface area contributed by atoms with Crippen molar-refractivity contribution in [2.45, 2.75) is 52.2 Å². The molecule has 1 radical (unpaired) electrons. The predicted octanol–water partition coefficient (Wildman–Crippen LogP) is 4.41. The minimum atomic E-state index is -0.758. The van der Waals surface area contributed by atoms with Gasteiger partial charge in [0.05, 0.1) is 0 Å². The van der Waals surface area contributed by atoms with Crippen LogP contribution in [0.25, 0.3) is 0 Å². The average molecular weight is 264 g/mol. The fourth-order valence-corrected chi connectivity index (χ4v) is 2.78. The van der Waals surface area contributed by atoms with E-state index in [0.29, 0.717) is 0 Å². The van der Waals surface area contributed by atoms with E-state index in [1.54, 1.807) is 0 Å². The first kappa shape index (κ1) is 14.9. The lowest BCUT2D eigenvalue weighted by Crippen LogP contribution is -2.21. The van der Waals surface area contributed by atoms with Gasteiger partial charge < -0.3 is 4.43 Å². The Morgan fingerprint density at radius 3 is 2.28 bits per heavy atom. The van der Waals surface area contributed by atoms with Crippen LogP contribution in [-0.4, -0.2) is 9.04 Å². The summed E-state index contributed by atoms with van der Waals surface area (Å²) in [5.41, 5.74) is 1.48. The van der Waals surface area contributed by atoms with Gasteiger partial charge in [0, 0.05) is 0 Å². The van der Waals surface area contributed by atoms with Gasteiger partial charge in [-0.1, -0.05) is 25.1 Å². The average Bonchev–Trinajstić information content (AvgIpc) is 2.35. The monoisotopic (exact) mass is 264 g/mol. The smallest absolute Gasteiger partial charge is 0.274 e. The number of hydrogen-bond acceptors (Lipinski definition) is 3. The Balaban J connectivity index is 3.13. The van der Waals surface area contributed by atoms with Crippen LogP contribution < -0.4 is 4.43 Å². The third-order valence-electron chi connectivity index (χ3n) is 3.37. The first-order chi connectivity index (χ1) is 8.49. The van der Waals surface area contributed by atoms with Crippen molar-refractivity contribution in [2.24, 2.45) is 5.18 Å². The van der Waals surface area contributed by atoms with E-state index < -0.39 is 14.6 Å². The molecule has 0 aliphatic carbocycles. The molecule has 0 amide bonds. The second-order valence-electron chi connectivity index (χ2n) is 4.82. The molecule has 0 saturated heterocycles. The molecule has 18 heavy (non-hydrogen) atoms. The molecule has 0 aromatic heterocycles. The maximum atomic E-state index is 11.2. The van der Waals surface area contributed by atoms with Crippen molar-refractivity contribution in [1.29, 1.82) is 0 Å². The van der Waals surface area contributed by atoms with Crippen LogP contribution in [0.3, 0.4) is 0 Å². The van der Waals surface area contributed by atoms with Crippen molar-refractivity contribution >= 4 is 9.04 Å². The van der Waals surface area contributed by atoms with E-state index in [1.165, 1.54) is 0 Å². The lowest BCUT2D eigenvalue weighted by atomic mass is 9.85. The van der Waals surface area contributed by atoms with E-state index in [9.17, 15) is 4.91 Å². The highest BCUT2D eigenvalue weighted by Crippen LogP contribution is 2.35. The van der Waals surface area contributed by atoms with Crippen LogP contribution in [0, 0.1) is 11.8 Å². The summed E-state index contributed by atoms with van der Waals surface area (Å²) in [6, 6.07) is 5.98. The van der Waals surface area contributed by atoms with Crippen molar-refractivity contribution in [3.05, 3.63) is 34.2 Å². The molecule has 1 rings (SSSR count). The summed E-state index contributed by atoms with van der Waals surface area (Å²) >= 11 is 0. The molecule has 0 fully saturated rings. The van der Waals surface area contributed by atoms with E-state index in [-0.39, 0.29) is 0 Å². The quantitative estimate of drug-likeness (QED) is 0.564. The lowest BCUT2D eigenvalue weighted by Gasteiger charge is -2.25. The molecule has 0 atom stereocenters. The summed E-state index contributed by atoms with van der Waals surface area (Å²) in [4.78, 5) is 11.2. The van der Waals surface area contributed by atoms with Crippen LogP contribution in [0.5, 0.6) is 5.75 Å². The Bertz CT molecular complexity index is 414. The summed E-state index contributed by atoms with van der Waals surface area (Å²) in [6.07, 6.45) is 1.45. The molecule has 0 bridgehead atoms. The highest BCUT2D eigenvalue weighted by Gasteiger charge is 2.30. The van der Waals surface area contributed by atoms with Crippen molar-refractivity contribution in [1.82, 2.24) is 0 Å². The Kier molecular flexibility index (Phi) is 5.08. The van der Waals surface area contributed by atoms with Gasteiger partial charge in [0.15, 0.2) is 0 Å². The molecule has 0 heterocycles. The SMILES string of the molecule is CCC(CC)(N=O)c1ccc(O[Si](C)C)c(C)c1. The van der Waals surface area contributed by atoms with Crippen LogP contribution in [0.15, 0.2) is 23.4 Å². The van der Waals surface area contributed by atoms with Gasteiger partial charge in [0.1, 0.15) is 11.3 Å². The topological polar surface area (TPSA) is 38.7 Å². The van der Waals surface area contributed by atoms with Crippen molar-refractivity contribution in [2.75, 3.05) is 0 Å². The van der Waals surface area contributed by atoms with Crippen LogP contribution in [0.4, 0.5) is 0 Å². The molecule has 0 saturated carbocycles. The van der Waals surface area contributed by atoms with E-state index in [0.717, 1.165) is 29.7 Å². The number of rotatable bonds is 6. The summed E-state index contributed by atoms with van der Waals surface area (Å²) in [5, 5.41) is 3.37. The molecule has 0 aliphatic heterocycles. The second-order valence-corrected chi connectivity index (χ2v) is 6.84. The molecule has 0 spiro atoms. The summed E-state index contributed by atoms with van der Waals surface area (Å²) in [7, 11) is -0.758. The molecule has 1 aromatic carbocycles. The second kappa shape index (κ2) is 6.14. The zero-order valence-electron chi connectivity index (χ0n) is 11.9. The van der Waals surface area contributed by atoms with E-state index in [1.807, 2.05) is 39.0 Å². The third-order valence-corrected chi connectivity index (χ3v) is 4.00. The lowest BCUT2D eigenvalue weighted by molar-refractivity contribution is 0.411. The maximum Gasteiger partial charge on any atom is 0.274 e. The number of aryl methyl sites for hydroxylation is 1. The first-order valence-electron chi connectivity index (χ1n) is 6.42. The molecule has 0 aliphatic rings. The molecule has 0 unspecified atom stereocenters. The Labute approximate surface area is 111 Å². The van der Waals surface area contributed by atoms with E-state index in [4.69, 9.17) is 4.43 Å². The summed E-state index contributed by atoms with van der Waals surface area (Å²) in [6.45, 7) is 10.2. The molecular formula is C14H22NO2Si. The van der Waals surface area contributed by atoms with Gasteiger partial charge in [-0.25, -0.2) is 0 Å². The zero-order valence-corrected chi connectivity index (χ0v) is 12.9. The summed E-state index contributed by atoms with van der Waals surface area (Å²) in [5.74, 6) is 0.921. The minimum Gasteiger partial charge on any atom is -0.542 e. The molecule has 99 valence electrons. The van der Waals surface area contributed by atoms with E-state index >= 15 is 0 Å². The summed E-state index contributed by atoms with van der Waals surface area (Å²) < 4.78 is 5.81. The van der Waals surface area contributed by atoms with Gasteiger partial charge in [-0.15, -0.1) is 4.91 Å². The molecule has 1 aromatic rings. The van der Waals surface area contributed by atoms with Crippen LogP contribution in [0.2, 0.25) is 13.1 Å². The van der Waals surface area contributed by atoms with Gasteiger partial charge in [-0.05, 0) is 56.1 Å². The predicted molar refractivity (Wildman–Crippen MR) is 77.3 cm³/mol. The Hall–Kier alpha value is -1.16. The fourth-order valence-electron chi connectivity index (χ4n) is 2.11. The zero-order chi connectivity index (χ0) is 13.8. The number of nitroso groups, excluding NO2 is 1. The van der Waals surface area contributed by atoms with Gasteiger partial charge in [-0.2, -0.15) is 0 Å². The largest absolute Gasteiger partial charge is 0.542 e. The first-order valence-corrected chi connectivity index (χ1v) is 8.83.